The van der Waals surface area contributed by atoms with Crippen molar-refractivity contribution in [2.75, 3.05) is 0 Å². The predicted molar refractivity (Wildman–Crippen MR) is 62.4 cm³/mol. The van der Waals surface area contributed by atoms with E-state index in [1.807, 2.05) is 20.8 Å². The van der Waals surface area contributed by atoms with Crippen molar-refractivity contribution in [2.24, 2.45) is 5.92 Å². The van der Waals surface area contributed by atoms with Crippen LogP contribution in [0.4, 0.5) is 0 Å². The van der Waals surface area contributed by atoms with Crippen LogP contribution in [0.2, 0.25) is 0 Å². The highest BCUT2D eigenvalue weighted by atomic mass is 16.3. The molecule has 0 saturated heterocycles. The molecule has 0 fully saturated rings. The van der Waals surface area contributed by atoms with Gasteiger partial charge in [0.15, 0.2) is 5.43 Å². The molecule has 0 atom stereocenters. The first kappa shape index (κ1) is 12.0. The quantitative estimate of drug-likeness (QED) is 0.764. The van der Waals surface area contributed by atoms with Gasteiger partial charge in [0.05, 0.1) is 0 Å². The highest BCUT2D eigenvalue weighted by molar-refractivity contribution is 5.26. The summed E-state index contributed by atoms with van der Waals surface area (Å²) in [5, 5.41) is 0. The van der Waals surface area contributed by atoms with Crippen LogP contribution in [0.25, 0.3) is 0 Å². The van der Waals surface area contributed by atoms with Gasteiger partial charge in [-0.1, -0.05) is 20.8 Å². The van der Waals surface area contributed by atoms with Gasteiger partial charge in [-0.2, -0.15) is 0 Å². The molecular formula is C13H20O2. The Morgan fingerprint density at radius 3 is 2.13 bits per heavy atom. The summed E-state index contributed by atoms with van der Waals surface area (Å²) in [5.41, 5.74) is 1.69. The number of rotatable bonds is 3. The minimum atomic E-state index is 0.147. The van der Waals surface area contributed by atoms with Crippen LogP contribution in [-0.2, 0) is 12.8 Å². The lowest BCUT2D eigenvalue weighted by Gasteiger charge is -2.11. The Morgan fingerprint density at radius 1 is 1.13 bits per heavy atom. The summed E-state index contributed by atoms with van der Waals surface area (Å²) in [7, 11) is 0. The second kappa shape index (κ2) is 4.65. The summed E-state index contributed by atoms with van der Waals surface area (Å²) < 4.78 is 5.78. The maximum absolute atomic E-state index is 11.9. The standard InChI is InChI=1S/C13H20O2/c1-6-11-9(4)13(14)10(5)12(15-11)7-8(2)3/h8H,6-7H2,1-5H3. The zero-order valence-electron chi connectivity index (χ0n) is 10.3. The lowest BCUT2D eigenvalue weighted by Crippen LogP contribution is -2.15. The molecule has 2 heteroatoms. The Morgan fingerprint density at radius 2 is 1.67 bits per heavy atom. The first-order chi connectivity index (χ1) is 6.97. The molecule has 0 saturated carbocycles. The molecule has 2 nitrogen and oxygen atoms in total. The second-order valence-electron chi connectivity index (χ2n) is 4.48. The smallest absolute Gasteiger partial charge is 0.191 e. The summed E-state index contributed by atoms with van der Waals surface area (Å²) in [6.45, 7) is 9.97. The van der Waals surface area contributed by atoms with Crippen LogP contribution in [0, 0.1) is 19.8 Å². The van der Waals surface area contributed by atoms with Crippen LogP contribution in [-0.4, -0.2) is 0 Å². The second-order valence-corrected chi connectivity index (χ2v) is 4.48. The Kier molecular flexibility index (Phi) is 3.72. The van der Waals surface area contributed by atoms with Gasteiger partial charge in [-0.3, -0.25) is 4.79 Å². The first-order valence-corrected chi connectivity index (χ1v) is 5.59. The van der Waals surface area contributed by atoms with Crippen molar-refractivity contribution in [3.05, 3.63) is 32.9 Å². The van der Waals surface area contributed by atoms with E-state index in [9.17, 15) is 4.79 Å². The van der Waals surface area contributed by atoms with E-state index in [1.54, 1.807) is 0 Å². The zero-order chi connectivity index (χ0) is 11.6. The van der Waals surface area contributed by atoms with E-state index in [0.717, 1.165) is 35.5 Å². The highest BCUT2D eigenvalue weighted by Crippen LogP contribution is 2.15. The SMILES string of the molecule is CCc1oc(CC(C)C)c(C)c(=O)c1C. The lowest BCUT2D eigenvalue weighted by atomic mass is 10.0. The molecule has 0 amide bonds. The third kappa shape index (κ3) is 2.49. The van der Waals surface area contributed by atoms with Crippen molar-refractivity contribution in [2.45, 2.75) is 47.5 Å². The van der Waals surface area contributed by atoms with Crippen molar-refractivity contribution < 1.29 is 4.42 Å². The minimum Gasteiger partial charge on any atom is -0.465 e. The molecule has 1 heterocycles. The fourth-order valence-electron chi connectivity index (χ4n) is 1.74. The first-order valence-electron chi connectivity index (χ1n) is 5.59. The lowest BCUT2D eigenvalue weighted by molar-refractivity contribution is 0.417. The Labute approximate surface area is 91.3 Å². The van der Waals surface area contributed by atoms with E-state index >= 15 is 0 Å². The van der Waals surface area contributed by atoms with Crippen LogP contribution >= 0.6 is 0 Å². The Bertz CT molecular complexity index is 400. The van der Waals surface area contributed by atoms with Crippen molar-refractivity contribution in [1.82, 2.24) is 0 Å². The van der Waals surface area contributed by atoms with Gasteiger partial charge >= 0.3 is 0 Å². The van der Waals surface area contributed by atoms with Crippen LogP contribution in [0.15, 0.2) is 9.21 Å². The van der Waals surface area contributed by atoms with Crippen molar-refractivity contribution >= 4 is 0 Å². The zero-order valence-corrected chi connectivity index (χ0v) is 10.3. The molecule has 1 rings (SSSR count). The molecule has 0 bridgehead atoms. The molecule has 84 valence electrons. The van der Waals surface area contributed by atoms with Gasteiger partial charge in [-0.25, -0.2) is 0 Å². The minimum absolute atomic E-state index is 0.147. The third-order valence-electron chi connectivity index (χ3n) is 2.68. The fraction of sp³-hybridized carbons (Fsp3) is 0.615. The van der Waals surface area contributed by atoms with Gasteiger partial charge in [0.2, 0.25) is 0 Å². The van der Waals surface area contributed by atoms with Gasteiger partial charge < -0.3 is 4.42 Å². The molecule has 0 aliphatic heterocycles. The normalized spacial score (nSPS) is 11.1. The van der Waals surface area contributed by atoms with Gasteiger partial charge in [0.25, 0.3) is 0 Å². The molecule has 1 aromatic rings. The maximum atomic E-state index is 11.9. The van der Waals surface area contributed by atoms with Gasteiger partial charge in [0.1, 0.15) is 11.5 Å². The summed E-state index contributed by atoms with van der Waals surface area (Å²) in [4.78, 5) is 11.9. The molecule has 1 aromatic heterocycles. The number of aryl methyl sites for hydroxylation is 1. The predicted octanol–water partition coefficient (Wildman–Crippen LogP) is 3.02. The van der Waals surface area contributed by atoms with E-state index in [-0.39, 0.29) is 5.43 Å². The molecular weight excluding hydrogens is 188 g/mol. The molecule has 0 unspecified atom stereocenters. The van der Waals surface area contributed by atoms with E-state index in [1.165, 1.54) is 0 Å². The van der Waals surface area contributed by atoms with Crippen molar-refractivity contribution in [3.63, 3.8) is 0 Å². The van der Waals surface area contributed by atoms with E-state index in [0.29, 0.717) is 5.92 Å². The summed E-state index contributed by atoms with van der Waals surface area (Å²) in [6.07, 6.45) is 1.63. The van der Waals surface area contributed by atoms with Crippen molar-refractivity contribution in [1.29, 1.82) is 0 Å². The van der Waals surface area contributed by atoms with E-state index < -0.39 is 0 Å². The summed E-state index contributed by atoms with van der Waals surface area (Å²) >= 11 is 0. The number of hydrogen-bond donors (Lipinski definition) is 0. The monoisotopic (exact) mass is 208 g/mol. The van der Waals surface area contributed by atoms with Gasteiger partial charge in [0, 0.05) is 24.0 Å². The summed E-state index contributed by atoms with van der Waals surface area (Å²) in [5.74, 6) is 2.21. The average Bonchev–Trinajstić information content (AvgIpc) is 2.18. The van der Waals surface area contributed by atoms with Crippen LogP contribution < -0.4 is 5.43 Å². The van der Waals surface area contributed by atoms with Crippen LogP contribution in [0.5, 0.6) is 0 Å². The van der Waals surface area contributed by atoms with E-state index in [2.05, 4.69) is 13.8 Å². The topological polar surface area (TPSA) is 30.2 Å². The maximum Gasteiger partial charge on any atom is 0.191 e. The molecule has 0 N–H and O–H groups in total. The van der Waals surface area contributed by atoms with E-state index in [4.69, 9.17) is 4.42 Å². The third-order valence-corrected chi connectivity index (χ3v) is 2.68. The molecule has 15 heavy (non-hydrogen) atoms. The molecule has 0 aromatic carbocycles. The molecule has 0 aliphatic rings. The fourth-order valence-corrected chi connectivity index (χ4v) is 1.74. The van der Waals surface area contributed by atoms with Gasteiger partial charge in [-0.15, -0.1) is 0 Å². The van der Waals surface area contributed by atoms with Crippen molar-refractivity contribution in [3.8, 4) is 0 Å². The largest absolute Gasteiger partial charge is 0.465 e. The number of hydrogen-bond acceptors (Lipinski definition) is 2. The Balaban J connectivity index is 3.29. The molecule has 0 spiro atoms. The Hall–Kier alpha value is -1.05. The highest BCUT2D eigenvalue weighted by Gasteiger charge is 2.13. The average molecular weight is 208 g/mol. The molecule has 0 aliphatic carbocycles. The summed E-state index contributed by atoms with van der Waals surface area (Å²) in [6, 6.07) is 0. The molecule has 0 radical (unpaired) electrons. The van der Waals surface area contributed by atoms with Gasteiger partial charge in [-0.05, 0) is 19.8 Å². The van der Waals surface area contributed by atoms with Crippen LogP contribution in [0.3, 0.4) is 0 Å². The van der Waals surface area contributed by atoms with Crippen LogP contribution in [0.1, 0.15) is 43.4 Å².